The minimum Gasteiger partial charge on any atom is -0.378 e. The number of hydrogen-bond acceptors (Lipinski definition) is 3. The topological polar surface area (TPSA) is 48.1 Å². The van der Waals surface area contributed by atoms with Crippen molar-refractivity contribution in [2.75, 3.05) is 13.2 Å². The van der Waals surface area contributed by atoms with Gasteiger partial charge >= 0.3 is 0 Å². The third kappa shape index (κ3) is 5.83. The number of ether oxygens (including phenoxy) is 1. The van der Waals surface area contributed by atoms with Crippen LogP contribution in [-0.2, 0) is 11.2 Å². The highest BCUT2D eigenvalue weighted by molar-refractivity contribution is 5.09. The van der Waals surface area contributed by atoms with Crippen LogP contribution in [0.1, 0.15) is 31.7 Å². The van der Waals surface area contributed by atoms with E-state index in [9.17, 15) is 0 Å². The molecule has 0 amide bonds. The molecule has 0 saturated carbocycles. The van der Waals surface area contributed by atoms with E-state index in [1.165, 1.54) is 5.56 Å². The summed E-state index contributed by atoms with van der Waals surface area (Å²) in [4.78, 5) is 3.99. The SMILES string of the molecule is CC(CCCN)OCCCc1ccncc1. The molecule has 0 fully saturated rings. The van der Waals surface area contributed by atoms with Crippen molar-refractivity contribution in [3.8, 4) is 0 Å². The predicted molar refractivity (Wildman–Crippen MR) is 66.3 cm³/mol. The van der Waals surface area contributed by atoms with Gasteiger partial charge < -0.3 is 10.5 Å². The molecule has 0 spiro atoms. The van der Waals surface area contributed by atoms with Gasteiger partial charge in [0.1, 0.15) is 0 Å². The summed E-state index contributed by atoms with van der Waals surface area (Å²) >= 11 is 0. The van der Waals surface area contributed by atoms with Crippen LogP contribution >= 0.6 is 0 Å². The first kappa shape index (κ1) is 13.1. The molecule has 0 aliphatic carbocycles. The van der Waals surface area contributed by atoms with E-state index in [0.29, 0.717) is 6.10 Å². The maximum absolute atomic E-state index is 5.69. The van der Waals surface area contributed by atoms with E-state index in [2.05, 4.69) is 24.0 Å². The van der Waals surface area contributed by atoms with Crippen LogP contribution in [-0.4, -0.2) is 24.2 Å². The molecule has 0 radical (unpaired) electrons. The van der Waals surface area contributed by atoms with Gasteiger partial charge in [0, 0.05) is 19.0 Å². The maximum atomic E-state index is 5.69. The summed E-state index contributed by atoms with van der Waals surface area (Å²) in [5.41, 5.74) is 6.77. The molecule has 16 heavy (non-hydrogen) atoms. The van der Waals surface area contributed by atoms with E-state index in [4.69, 9.17) is 10.5 Å². The minimum atomic E-state index is 0.334. The Bertz CT molecular complexity index is 264. The monoisotopic (exact) mass is 222 g/mol. The summed E-state index contributed by atoms with van der Waals surface area (Å²) in [6.45, 7) is 3.70. The van der Waals surface area contributed by atoms with Gasteiger partial charge in [0.2, 0.25) is 0 Å². The second-order valence-corrected chi connectivity index (χ2v) is 4.07. The fourth-order valence-corrected chi connectivity index (χ4v) is 1.60. The van der Waals surface area contributed by atoms with Crippen molar-refractivity contribution in [3.63, 3.8) is 0 Å². The van der Waals surface area contributed by atoms with Gasteiger partial charge in [-0.25, -0.2) is 0 Å². The van der Waals surface area contributed by atoms with E-state index < -0.39 is 0 Å². The Morgan fingerprint density at radius 1 is 1.31 bits per heavy atom. The fourth-order valence-electron chi connectivity index (χ4n) is 1.60. The van der Waals surface area contributed by atoms with Gasteiger partial charge in [-0.05, 0) is 56.8 Å². The van der Waals surface area contributed by atoms with Gasteiger partial charge in [0.15, 0.2) is 0 Å². The Morgan fingerprint density at radius 3 is 2.75 bits per heavy atom. The van der Waals surface area contributed by atoms with Crippen molar-refractivity contribution in [2.45, 2.75) is 38.7 Å². The summed E-state index contributed by atoms with van der Waals surface area (Å²) in [7, 11) is 0. The van der Waals surface area contributed by atoms with Crippen molar-refractivity contribution in [2.24, 2.45) is 5.73 Å². The molecule has 1 aromatic rings. The lowest BCUT2D eigenvalue weighted by molar-refractivity contribution is 0.0579. The first-order valence-electron chi connectivity index (χ1n) is 6.03. The molecule has 0 saturated heterocycles. The van der Waals surface area contributed by atoms with Crippen molar-refractivity contribution < 1.29 is 4.74 Å². The van der Waals surface area contributed by atoms with E-state index in [1.54, 1.807) is 0 Å². The molecule has 0 aromatic carbocycles. The van der Waals surface area contributed by atoms with Crippen molar-refractivity contribution in [3.05, 3.63) is 30.1 Å². The third-order valence-corrected chi connectivity index (χ3v) is 2.58. The van der Waals surface area contributed by atoms with Crippen LogP contribution in [0, 0.1) is 0 Å². The highest BCUT2D eigenvalue weighted by atomic mass is 16.5. The molecule has 90 valence electrons. The standard InChI is InChI=1S/C13H22N2O/c1-12(4-2-8-14)16-11-3-5-13-6-9-15-10-7-13/h6-7,9-10,12H,2-5,8,11,14H2,1H3. The largest absolute Gasteiger partial charge is 0.378 e. The van der Waals surface area contributed by atoms with Crippen LogP contribution in [0.2, 0.25) is 0 Å². The van der Waals surface area contributed by atoms with E-state index in [0.717, 1.165) is 38.8 Å². The Morgan fingerprint density at radius 2 is 2.06 bits per heavy atom. The Hall–Kier alpha value is -0.930. The summed E-state index contributed by atoms with van der Waals surface area (Å²) < 4.78 is 5.69. The first-order chi connectivity index (χ1) is 7.83. The third-order valence-electron chi connectivity index (χ3n) is 2.58. The summed E-state index contributed by atoms with van der Waals surface area (Å²) in [5, 5.41) is 0. The fraction of sp³-hybridized carbons (Fsp3) is 0.615. The summed E-state index contributed by atoms with van der Waals surface area (Å²) in [5.74, 6) is 0. The second-order valence-electron chi connectivity index (χ2n) is 4.07. The number of aryl methyl sites for hydroxylation is 1. The molecule has 0 aliphatic heterocycles. The van der Waals surface area contributed by atoms with Crippen molar-refractivity contribution >= 4 is 0 Å². The second kappa shape index (κ2) is 8.25. The van der Waals surface area contributed by atoms with Crippen molar-refractivity contribution in [1.29, 1.82) is 0 Å². The van der Waals surface area contributed by atoms with Crippen molar-refractivity contribution in [1.82, 2.24) is 4.98 Å². The number of nitrogens with zero attached hydrogens (tertiary/aromatic N) is 1. The molecule has 0 bridgehead atoms. The first-order valence-corrected chi connectivity index (χ1v) is 6.03. The van der Waals surface area contributed by atoms with Crippen LogP contribution in [0.5, 0.6) is 0 Å². The lowest BCUT2D eigenvalue weighted by Crippen LogP contribution is -2.12. The lowest BCUT2D eigenvalue weighted by Gasteiger charge is -2.12. The molecule has 3 nitrogen and oxygen atoms in total. The van der Waals surface area contributed by atoms with Gasteiger partial charge in [-0.3, -0.25) is 4.98 Å². The minimum absolute atomic E-state index is 0.334. The normalized spacial score (nSPS) is 12.6. The van der Waals surface area contributed by atoms with Gasteiger partial charge in [-0.1, -0.05) is 0 Å². The zero-order valence-corrected chi connectivity index (χ0v) is 10.1. The Labute approximate surface area is 98.0 Å². The predicted octanol–water partition coefficient (Wildman–Crippen LogP) is 2.16. The number of hydrogen-bond donors (Lipinski definition) is 1. The van der Waals surface area contributed by atoms with Gasteiger partial charge in [-0.2, -0.15) is 0 Å². The Kier molecular flexibility index (Phi) is 6.77. The van der Waals surface area contributed by atoms with Crippen LogP contribution < -0.4 is 5.73 Å². The summed E-state index contributed by atoms with van der Waals surface area (Å²) in [6, 6.07) is 4.11. The average Bonchev–Trinajstić information content (AvgIpc) is 2.33. The molecular formula is C13H22N2O. The van der Waals surface area contributed by atoms with Gasteiger partial charge in [0.25, 0.3) is 0 Å². The van der Waals surface area contributed by atoms with Gasteiger partial charge in [-0.15, -0.1) is 0 Å². The summed E-state index contributed by atoms with van der Waals surface area (Å²) in [6.07, 6.45) is 8.24. The molecule has 2 N–H and O–H groups in total. The number of nitrogens with two attached hydrogens (primary N) is 1. The van der Waals surface area contributed by atoms with Crippen LogP contribution in [0.15, 0.2) is 24.5 Å². The maximum Gasteiger partial charge on any atom is 0.0547 e. The molecule has 0 aliphatic rings. The molecule has 3 heteroatoms. The number of rotatable bonds is 8. The van der Waals surface area contributed by atoms with E-state index in [-0.39, 0.29) is 0 Å². The molecular weight excluding hydrogens is 200 g/mol. The highest BCUT2D eigenvalue weighted by Gasteiger charge is 2.00. The molecule has 1 rings (SSSR count). The Balaban J connectivity index is 2.03. The van der Waals surface area contributed by atoms with E-state index in [1.807, 2.05) is 12.4 Å². The number of pyridine rings is 1. The number of aromatic nitrogens is 1. The molecule has 1 aromatic heterocycles. The quantitative estimate of drug-likeness (QED) is 0.686. The zero-order chi connectivity index (χ0) is 11.6. The van der Waals surface area contributed by atoms with Gasteiger partial charge in [0.05, 0.1) is 6.10 Å². The van der Waals surface area contributed by atoms with Crippen LogP contribution in [0.4, 0.5) is 0 Å². The highest BCUT2D eigenvalue weighted by Crippen LogP contribution is 2.04. The van der Waals surface area contributed by atoms with E-state index >= 15 is 0 Å². The zero-order valence-electron chi connectivity index (χ0n) is 10.1. The smallest absolute Gasteiger partial charge is 0.0547 e. The molecule has 1 atom stereocenters. The molecule has 1 heterocycles. The molecule has 1 unspecified atom stereocenters. The average molecular weight is 222 g/mol. The van der Waals surface area contributed by atoms with Crippen LogP contribution in [0.3, 0.4) is 0 Å². The van der Waals surface area contributed by atoms with Crippen LogP contribution in [0.25, 0.3) is 0 Å². The lowest BCUT2D eigenvalue weighted by atomic mass is 10.1.